The van der Waals surface area contributed by atoms with Crippen molar-refractivity contribution in [3.63, 3.8) is 0 Å². The van der Waals surface area contributed by atoms with E-state index in [9.17, 15) is 22.8 Å². The first-order valence-corrected chi connectivity index (χ1v) is 9.78. The molecule has 0 unspecified atom stereocenters. The summed E-state index contributed by atoms with van der Waals surface area (Å²) in [5, 5.41) is 0.607. The molecule has 0 spiro atoms. The van der Waals surface area contributed by atoms with E-state index < -0.39 is 29.4 Å². The molecule has 1 aromatic carbocycles. The monoisotopic (exact) mass is 441 g/mol. The third-order valence-electron chi connectivity index (χ3n) is 4.82. The third kappa shape index (κ3) is 3.57. The maximum absolute atomic E-state index is 13.1. The van der Waals surface area contributed by atoms with E-state index in [0.29, 0.717) is 39.5 Å². The summed E-state index contributed by atoms with van der Waals surface area (Å²) in [5.41, 5.74) is -2.96. The Balaban J connectivity index is 1.81. The van der Waals surface area contributed by atoms with Crippen LogP contribution in [0.5, 0.6) is 0 Å². The summed E-state index contributed by atoms with van der Waals surface area (Å²) in [6, 6.07) is 5.10. The highest BCUT2D eigenvalue weighted by atomic mass is 32.1. The van der Waals surface area contributed by atoms with Gasteiger partial charge in [0.05, 0.1) is 23.6 Å². The number of hydrogen-bond donors (Lipinski definition) is 0. The van der Waals surface area contributed by atoms with Crippen molar-refractivity contribution in [3.05, 3.63) is 56.5 Å². The number of aromatic nitrogens is 3. The standard InChI is InChI=1S/C19H18F3N3O4S/c1-18(2)8-28-16(29-9-18)15-11-6-10(4-5-12(11)30-23-15)25-14(26)7-13(19(20,21)22)24(3)17(25)27/h4-7,16H,8-9H2,1-3H3. The predicted molar refractivity (Wildman–Crippen MR) is 104 cm³/mol. The molecule has 30 heavy (non-hydrogen) atoms. The fourth-order valence-electron chi connectivity index (χ4n) is 3.24. The molecular formula is C19H18F3N3O4S. The topological polar surface area (TPSA) is 75.3 Å². The Morgan fingerprint density at radius 2 is 1.83 bits per heavy atom. The molecule has 0 aliphatic carbocycles. The van der Waals surface area contributed by atoms with E-state index in [1.54, 1.807) is 6.07 Å². The van der Waals surface area contributed by atoms with Crippen molar-refractivity contribution in [2.45, 2.75) is 26.3 Å². The van der Waals surface area contributed by atoms with Gasteiger partial charge in [-0.15, -0.1) is 0 Å². The summed E-state index contributed by atoms with van der Waals surface area (Å²) < 4.78 is 57.0. The quantitative estimate of drug-likeness (QED) is 0.611. The van der Waals surface area contributed by atoms with Gasteiger partial charge in [0.25, 0.3) is 5.56 Å². The zero-order chi connectivity index (χ0) is 21.8. The highest BCUT2D eigenvalue weighted by molar-refractivity contribution is 7.13. The van der Waals surface area contributed by atoms with Gasteiger partial charge in [-0.3, -0.25) is 9.36 Å². The van der Waals surface area contributed by atoms with Gasteiger partial charge in [0.2, 0.25) is 6.29 Å². The Hall–Kier alpha value is -2.50. The van der Waals surface area contributed by atoms with E-state index in [0.717, 1.165) is 11.7 Å². The van der Waals surface area contributed by atoms with Crippen LogP contribution < -0.4 is 11.2 Å². The van der Waals surface area contributed by atoms with Gasteiger partial charge in [0.1, 0.15) is 11.4 Å². The molecule has 1 fully saturated rings. The number of nitrogens with zero attached hydrogens (tertiary/aromatic N) is 3. The van der Waals surface area contributed by atoms with Gasteiger partial charge < -0.3 is 9.47 Å². The van der Waals surface area contributed by atoms with E-state index in [4.69, 9.17) is 9.47 Å². The van der Waals surface area contributed by atoms with Crippen molar-refractivity contribution in [1.29, 1.82) is 0 Å². The lowest BCUT2D eigenvalue weighted by atomic mass is 9.95. The van der Waals surface area contributed by atoms with Crippen LogP contribution in [0.4, 0.5) is 13.2 Å². The largest absolute Gasteiger partial charge is 0.431 e. The number of hydrogen-bond acceptors (Lipinski definition) is 6. The number of rotatable bonds is 2. The Kier molecular flexibility index (Phi) is 4.87. The van der Waals surface area contributed by atoms with Crippen LogP contribution in [0.3, 0.4) is 0 Å². The van der Waals surface area contributed by atoms with Crippen molar-refractivity contribution < 1.29 is 22.6 Å². The molecule has 1 aliphatic heterocycles. The Morgan fingerprint density at radius 3 is 2.47 bits per heavy atom. The molecule has 0 radical (unpaired) electrons. The summed E-state index contributed by atoms with van der Waals surface area (Å²) in [6.45, 7) is 4.95. The fraction of sp³-hybridized carbons (Fsp3) is 0.421. The van der Waals surface area contributed by atoms with E-state index in [-0.39, 0.29) is 11.1 Å². The smallest absolute Gasteiger partial charge is 0.346 e. The molecule has 0 N–H and O–H groups in total. The van der Waals surface area contributed by atoms with Crippen LogP contribution in [-0.2, 0) is 22.7 Å². The van der Waals surface area contributed by atoms with Gasteiger partial charge in [0, 0.05) is 23.9 Å². The van der Waals surface area contributed by atoms with Crippen LogP contribution in [0.15, 0.2) is 33.9 Å². The molecule has 0 amide bonds. The van der Waals surface area contributed by atoms with Gasteiger partial charge in [0.15, 0.2) is 0 Å². The normalized spacial score (nSPS) is 17.5. The molecule has 2 aromatic heterocycles. The minimum Gasteiger partial charge on any atom is -0.346 e. The fourth-order valence-corrected chi connectivity index (χ4v) is 4.01. The number of ether oxygens (including phenoxy) is 2. The summed E-state index contributed by atoms with van der Waals surface area (Å²) >= 11 is 1.20. The van der Waals surface area contributed by atoms with Crippen molar-refractivity contribution in [3.8, 4) is 5.69 Å². The lowest BCUT2D eigenvalue weighted by Gasteiger charge is -2.33. The molecule has 3 heterocycles. The van der Waals surface area contributed by atoms with E-state index in [1.165, 1.54) is 23.7 Å². The van der Waals surface area contributed by atoms with Crippen LogP contribution in [0.25, 0.3) is 15.8 Å². The molecule has 4 rings (SSSR count). The summed E-state index contributed by atoms with van der Waals surface area (Å²) in [4.78, 5) is 24.9. The van der Waals surface area contributed by atoms with Crippen molar-refractivity contribution in [2.75, 3.05) is 13.2 Å². The molecule has 1 saturated heterocycles. The predicted octanol–water partition coefficient (Wildman–Crippen LogP) is 3.24. The number of benzene rings is 1. The maximum atomic E-state index is 13.1. The Morgan fingerprint density at radius 1 is 1.17 bits per heavy atom. The zero-order valence-corrected chi connectivity index (χ0v) is 17.1. The average Bonchev–Trinajstić information content (AvgIpc) is 3.07. The van der Waals surface area contributed by atoms with E-state index in [2.05, 4.69) is 4.37 Å². The van der Waals surface area contributed by atoms with Crippen LogP contribution in [0, 0.1) is 5.41 Å². The average molecular weight is 441 g/mol. The first-order valence-electron chi connectivity index (χ1n) is 9.01. The molecule has 0 atom stereocenters. The van der Waals surface area contributed by atoms with E-state index in [1.807, 2.05) is 13.8 Å². The number of alkyl halides is 3. The molecule has 11 heteroatoms. The summed E-state index contributed by atoms with van der Waals surface area (Å²) in [5.74, 6) is 0. The first-order chi connectivity index (χ1) is 14.0. The minimum absolute atomic E-state index is 0.132. The molecular weight excluding hydrogens is 423 g/mol. The SMILES string of the molecule is Cn1c(C(F)(F)F)cc(=O)n(-c2ccc3snc(C4OCC(C)(C)CO4)c3c2)c1=O. The van der Waals surface area contributed by atoms with Gasteiger partial charge in [-0.2, -0.15) is 17.5 Å². The molecule has 3 aromatic rings. The molecule has 160 valence electrons. The number of halogens is 3. The second kappa shape index (κ2) is 7.03. The maximum Gasteiger partial charge on any atom is 0.431 e. The van der Waals surface area contributed by atoms with Crippen LogP contribution in [0.2, 0.25) is 0 Å². The highest BCUT2D eigenvalue weighted by Gasteiger charge is 2.35. The molecule has 7 nitrogen and oxygen atoms in total. The second-order valence-corrected chi connectivity index (χ2v) is 8.71. The van der Waals surface area contributed by atoms with Crippen LogP contribution in [0.1, 0.15) is 31.5 Å². The van der Waals surface area contributed by atoms with Gasteiger partial charge >= 0.3 is 11.9 Å². The lowest BCUT2D eigenvalue weighted by Crippen LogP contribution is -2.40. The van der Waals surface area contributed by atoms with Crippen molar-refractivity contribution >= 4 is 21.6 Å². The minimum atomic E-state index is -4.82. The first kappa shape index (κ1) is 20.8. The van der Waals surface area contributed by atoms with E-state index >= 15 is 0 Å². The molecule has 1 aliphatic rings. The summed E-state index contributed by atoms with van der Waals surface area (Å²) in [6.07, 6.45) is -5.52. The zero-order valence-electron chi connectivity index (χ0n) is 16.3. The van der Waals surface area contributed by atoms with Crippen LogP contribution >= 0.6 is 11.5 Å². The van der Waals surface area contributed by atoms with Crippen LogP contribution in [-0.4, -0.2) is 26.7 Å². The van der Waals surface area contributed by atoms with Crippen molar-refractivity contribution in [1.82, 2.24) is 13.5 Å². The number of fused-ring (bicyclic) bond motifs is 1. The van der Waals surface area contributed by atoms with Gasteiger partial charge in [-0.1, -0.05) is 13.8 Å². The lowest BCUT2D eigenvalue weighted by molar-refractivity contribution is -0.227. The molecule has 0 saturated carbocycles. The Bertz CT molecular complexity index is 1230. The van der Waals surface area contributed by atoms with Gasteiger partial charge in [-0.05, 0) is 29.7 Å². The van der Waals surface area contributed by atoms with Crippen molar-refractivity contribution in [2.24, 2.45) is 12.5 Å². The third-order valence-corrected chi connectivity index (χ3v) is 5.67. The summed E-state index contributed by atoms with van der Waals surface area (Å²) in [7, 11) is 0.975. The second-order valence-electron chi connectivity index (χ2n) is 7.91. The molecule has 0 bridgehead atoms. The van der Waals surface area contributed by atoms with Gasteiger partial charge in [-0.25, -0.2) is 9.36 Å². The Labute approximate surface area is 172 Å². The highest BCUT2D eigenvalue weighted by Crippen LogP contribution is 2.36.